The van der Waals surface area contributed by atoms with Crippen molar-refractivity contribution in [1.29, 1.82) is 0 Å². The Labute approximate surface area is 187 Å². The molecule has 1 aromatic carbocycles. The monoisotopic (exact) mass is 522 g/mol. The maximum Gasteiger partial charge on any atom is 0.211 e. The molecule has 28 heavy (non-hydrogen) atoms. The molecule has 0 bridgehead atoms. The van der Waals surface area contributed by atoms with Crippen LogP contribution in [0.15, 0.2) is 17.1 Å². The molecule has 8 heteroatoms. The van der Waals surface area contributed by atoms with Crippen LogP contribution in [-0.2, 0) is 16.6 Å². The first-order valence-corrected chi connectivity index (χ1v) is 11.6. The summed E-state index contributed by atoms with van der Waals surface area (Å²) in [6, 6.07) is 4.40. The third kappa shape index (κ3) is 7.51. The fraction of sp³-hybridized carbons (Fsp3) is 0.650. The number of benzene rings is 1. The van der Waals surface area contributed by atoms with Crippen LogP contribution in [0.25, 0.3) is 0 Å². The summed E-state index contributed by atoms with van der Waals surface area (Å²) in [6.45, 7) is 12.0. The van der Waals surface area contributed by atoms with E-state index in [2.05, 4.69) is 50.5 Å². The fourth-order valence-corrected chi connectivity index (χ4v) is 4.52. The number of sulfonamides is 1. The van der Waals surface area contributed by atoms with Crippen molar-refractivity contribution in [3.63, 3.8) is 0 Å². The van der Waals surface area contributed by atoms with Crippen LogP contribution in [0.4, 0.5) is 0 Å². The molecule has 0 atom stereocenters. The van der Waals surface area contributed by atoms with Crippen LogP contribution in [0.2, 0.25) is 0 Å². The van der Waals surface area contributed by atoms with Crippen LogP contribution in [-0.4, -0.2) is 51.1 Å². The van der Waals surface area contributed by atoms with Gasteiger partial charge in [-0.3, -0.25) is 0 Å². The third-order valence-corrected chi connectivity index (χ3v) is 6.48. The average molecular weight is 522 g/mol. The molecule has 0 aromatic heterocycles. The molecule has 0 aliphatic carbocycles. The largest absolute Gasteiger partial charge is 0.357 e. The predicted octanol–water partition coefficient (Wildman–Crippen LogP) is 2.96. The topological polar surface area (TPSA) is 73.8 Å². The van der Waals surface area contributed by atoms with E-state index >= 15 is 0 Å². The van der Waals surface area contributed by atoms with E-state index in [1.54, 1.807) is 4.31 Å². The zero-order valence-electron chi connectivity index (χ0n) is 17.7. The highest BCUT2D eigenvalue weighted by atomic mass is 127. The molecule has 2 N–H and O–H groups in total. The molecule has 0 saturated carbocycles. The molecule has 0 spiro atoms. The van der Waals surface area contributed by atoms with E-state index in [9.17, 15) is 8.42 Å². The first-order valence-electron chi connectivity index (χ1n) is 9.74. The molecule has 1 aliphatic rings. The molecule has 0 unspecified atom stereocenters. The van der Waals surface area contributed by atoms with Crippen molar-refractivity contribution >= 4 is 40.0 Å². The van der Waals surface area contributed by atoms with Crippen LogP contribution in [0, 0.1) is 26.7 Å². The average Bonchev–Trinajstić information content (AvgIpc) is 2.58. The minimum Gasteiger partial charge on any atom is -0.357 e. The van der Waals surface area contributed by atoms with Crippen LogP contribution in [0.1, 0.15) is 42.0 Å². The molecule has 1 heterocycles. The Hall–Kier alpha value is -0.870. The van der Waals surface area contributed by atoms with Crippen LogP contribution in [0.5, 0.6) is 0 Å². The first kappa shape index (κ1) is 25.2. The van der Waals surface area contributed by atoms with E-state index in [1.165, 1.54) is 28.5 Å². The second kappa shape index (κ2) is 11.3. The quantitative estimate of drug-likeness (QED) is 0.343. The second-order valence-electron chi connectivity index (χ2n) is 7.56. The number of nitrogens with one attached hydrogen (secondary N) is 2. The van der Waals surface area contributed by atoms with Gasteiger partial charge in [-0.1, -0.05) is 17.7 Å². The Morgan fingerprint density at radius 2 is 1.71 bits per heavy atom. The summed E-state index contributed by atoms with van der Waals surface area (Å²) in [4.78, 5) is 4.76. The summed E-state index contributed by atoms with van der Waals surface area (Å²) < 4.78 is 24.8. The predicted molar refractivity (Wildman–Crippen MR) is 128 cm³/mol. The van der Waals surface area contributed by atoms with E-state index in [0.717, 1.165) is 31.9 Å². The lowest BCUT2D eigenvalue weighted by atomic mass is 9.98. The molecule has 0 amide bonds. The number of rotatable bonds is 6. The summed E-state index contributed by atoms with van der Waals surface area (Å²) in [5, 5.41) is 6.74. The number of nitrogens with zero attached hydrogens (tertiary/aromatic N) is 2. The van der Waals surface area contributed by atoms with Gasteiger partial charge >= 0.3 is 0 Å². The molecule has 1 aromatic rings. The fourth-order valence-electron chi connectivity index (χ4n) is 3.65. The molecule has 1 aliphatic heterocycles. The van der Waals surface area contributed by atoms with Crippen molar-refractivity contribution in [3.8, 4) is 0 Å². The highest BCUT2D eigenvalue weighted by Crippen LogP contribution is 2.19. The molecule has 0 radical (unpaired) electrons. The molecule has 160 valence electrons. The lowest BCUT2D eigenvalue weighted by Crippen LogP contribution is -2.44. The van der Waals surface area contributed by atoms with Crippen molar-refractivity contribution in [1.82, 2.24) is 14.9 Å². The Morgan fingerprint density at radius 1 is 1.14 bits per heavy atom. The van der Waals surface area contributed by atoms with Crippen LogP contribution < -0.4 is 10.6 Å². The number of aliphatic imine (C=N–C) groups is 1. The summed E-state index contributed by atoms with van der Waals surface area (Å²) in [6.07, 6.45) is 3.06. The van der Waals surface area contributed by atoms with Gasteiger partial charge in [-0.2, -0.15) is 0 Å². The second-order valence-corrected chi connectivity index (χ2v) is 9.54. The highest BCUT2D eigenvalue weighted by molar-refractivity contribution is 14.0. The van der Waals surface area contributed by atoms with E-state index < -0.39 is 10.0 Å². The van der Waals surface area contributed by atoms with Gasteiger partial charge < -0.3 is 10.6 Å². The van der Waals surface area contributed by atoms with E-state index in [1.807, 2.05) is 0 Å². The van der Waals surface area contributed by atoms with Crippen molar-refractivity contribution in [2.45, 2.75) is 47.1 Å². The van der Waals surface area contributed by atoms with Crippen LogP contribution >= 0.6 is 24.0 Å². The van der Waals surface area contributed by atoms with E-state index in [-0.39, 0.29) is 24.0 Å². The Bertz CT molecular complexity index is 749. The van der Waals surface area contributed by atoms with Crippen molar-refractivity contribution in [3.05, 3.63) is 34.4 Å². The lowest BCUT2D eigenvalue weighted by Gasteiger charge is -2.30. The van der Waals surface area contributed by atoms with Gasteiger partial charge in [-0.05, 0) is 63.1 Å². The summed E-state index contributed by atoms with van der Waals surface area (Å²) >= 11 is 0. The Balaban J connectivity index is 0.00000392. The smallest absolute Gasteiger partial charge is 0.211 e. The minimum absolute atomic E-state index is 0. The first-order chi connectivity index (χ1) is 12.7. The van der Waals surface area contributed by atoms with E-state index in [0.29, 0.717) is 25.6 Å². The summed E-state index contributed by atoms with van der Waals surface area (Å²) in [5.74, 6) is 1.29. The van der Waals surface area contributed by atoms with Gasteiger partial charge in [-0.15, -0.1) is 24.0 Å². The third-order valence-electron chi connectivity index (χ3n) is 5.18. The summed E-state index contributed by atoms with van der Waals surface area (Å²) in [5.41, 5.74) is 5.11. The number of halogens is 1. The van der Waals surface area contributed by atoms with Gasteiger partial charge in [0.15, 0.2) is 5.96 Å². The molecular formula is C20H35IN4O2S. The molecule has 1 fully saturated rings. The van der Waals surface area contributed by atoms with Crippen molar-refractivity contribution < 1.29 is 8.42 Å². The maximum atomic E-state index is 11.6. The van der Waals surface area contributed by atoms with Gasteiger partial charge in [0.05, 0.1) is 12.8 Å². The molecule has 1 saturated heterocycles. The van der Waals surface area contributed by atoms with Gasteiger partial charge in [0.1, 0.15) is 0 Å². The zero-order chi connectivity index (χ0) is 20.0. The van der Waals surface area contributed by atoms with Crippen molar-refractivity contribution in [2.75, 3.05) is 32.4 Å². The number of hydrogen-bond acceptors (Lipinski definition) is 3. The maximum absolute atomic E-state index is 11.6. The van der Waals surface area contributed by atoms with Gasteiger partial charge in [0.25, 0.3) is 0 Å². The number of hydrogen-bond donors (Lipinski definition) is 2. The van der Waals surface area contributed by atoms with Gasteiger partial charge in [-0.25, -0.2) is 17.7 Å². The highest BCUT2D eigenvalue weighted by Gasteiger charge is 2.24. The normalized spacial score (nSPS) is 16.5. The van der Waals surface area contributed by atoms with Crippen LogP contribution in [0.3, 0.4) is 0 Å². The minimum atomic E-state index is -3.06. The standard InChI is InChI=1S/C20H34N4O2S.HI/c1-6-21-20(23-14-19-16(3)11-15(2)12-17(19)4)22-13-18-7-9-24(10-8-18)27(5,25)26;/h11-12,18H,6-10,13-14H2,1-5H3,(H2,21,22,23);1H. The van der Waals surface area contributed by atoms with Gasteiger partial charge in [0, 0.05) is 26.2 Å². The van der Waals surface area contributed by atoms with Crippen molar-refractivity contribution in [2.24, 2.45) is 10.9 Å². The van der Waals surface area contributed by atoms with E-state index in [4.69, 9.17) is 4.99 Å². The lowest BCUT2D eigenvalue weighted by molar-refractivity contribution is 0.275. The molecular weight excluding hydrogens is 487 g/mol. The Kier molecular flexibility index (Phi) is 10.2. The van der Waals surface area contributed by atoms with Gasteiger partial charge in [0.2, 0.25) is 10.0 Å². The number of aryl methyl sites for hydroxylation is 3. The zero-order valence-corrected chi connectivity index (χ0v) is 20.9. The SMILES string of the molecule is CCNC(=NCc1c(C)cc(C)cc1C)NCC1CCN(S(C)(=O)=O)CC1.I. The Morgan fingerprint density at radius 3 is 2.21 bits per heavy atom. The molecule has 6 nitrogen and oxygen atoms in total. The number of piperidine rings is 1. The molecule has 2 rings (SSSR count). The summed E-state index contributed by atoms with van der Waals surface area (Å²) in [7, 11) is -3.06. The number of guanidine groups is 1.